The summed E-state index contributed by atoms with van der Waals surface area (Å²) in [7, 11) is 0. The number of halogens is 2. The molecule has 1 aliphatic heterocycles. The first-order valence-electron chi connectivity index (χ1n) is 9.89. The van der Waals surface area contributed by atoms with E-state index in [0.29, 0.717) is 23.7 Å². The number of Topliss-reactive ketones (excluding diaryl/α,β-unsaturated/α-hetero) is 1. The van der Waals surface area contributed by atoms with Gasteiger partial charge in [-0.25, -0.2) is 4.39 Å². The van der Waals surface area contributed by atoms with Crippen LogP contribution >= 0.6 is 11.6 Å². The molecule has 1 saturated heterocycles. The molecule has 0 saturated carbocycles. The molecule has 0 radical (unpaired) electrons. The van der Waals surface area contributed by atoms with E-state index in [1.54, 1.807) is 24.3 Å². The molecule has 0 bridgehead atoms. The zero-order valence-electron chi connectivity index (χ0n) is 16.9. The Kier molecular flexibility index (Phi) is 6.90. The molecule has 0 aromatic heterocycles. The second-order valence-corrected chi connectivity index (χ2v) is 7.52. The van der Waals surface area contributed by atoms with Crippen LogP contribution in [0.3, 0.4) is 0 Å². The highest BCUT2D eigenvalue weighted by Crippen LogP contribution is 2.39. The van der Waals surface area contributed by atoms with E-state index < -0.39 is 23.5 Å². The average Bonchev–Trinajstić information content (AvgIpc) is 2.99. The van der Waals surface area contributed by atoms with Crippen molar-refractivity contribution in [2.75, 3.05) is 26.2 Å². The summed E-state index contributed by atoms with van der Waals surface area (Å²) in [4.78, 5) is 29.4. The van der Waals surface area contributed by atoms with Crippen LogP contribution in [0, 0.1) is 5.82 Å². The van der Waals surface area contributed by atoms with E-state index >= 15 is 0 Å². The highest BCUT2D eigenvalue weighted by atomic mass is 35.5. The number of rotatable bonds is 7. The number of aliphatic hydroxyl groups is 1. The SMILES string of the molecule is CCN(CC)CCN1C(=O)C(=O)C(=C(O)c2ccc(F)cc2)[C@@H]1c1cccc(Cl)c1. The van der Waals surface area contributed by atoms with Gasteiger partial charge in [-0.1, -0.05) is 37.6 Å². The van der Waals surface area contributed by atoms with Gasteiger partial charge in [-0.15, -0.1) is 0 Å². The fraction of sp³-hybridized carbons (Fsp3) is 0.304. The summed E-state index contributed by atoms with van der Waals surface area (Å²) in [5.74, 6) is -2.22. The van der Waals surface area contributed by atoms with Crippen LogP contribution in [0.5, 0.6) is 0 Å². The van der Waals surface area contributed by atoms with Gasteiger partial charge in [-0.2, -0.15) is 0 Å². The van der Waals surface area contributed by atoms with Gasteiger partial charge in [0, 0.05) is 23.7 Å². The zero-order chi connectivity index (χ0) is 21.8. The predicted molar refractivity (Wildman–Crippen MR) is 115 cm³/mol. The van der Waals surface area contributed by atoms with Crippen LogP contribution in [0.2, 0.25) is 5.02 Å². The predicted octanol–water partition coefficient (Wildman–Crippen LogP) is 4.24. The summed E-state index contributed by atoms with van der Waals surface area (Å²) in [6.07, 6.45) is 0. The standard InChI is InChI=1S/C23H24ClFN2O3/c1-3-26(4-2)12-13-27-20(16-6-5-7-17(24)14-16)19(22(29)23(27)30)21(28)15-8-10-18(25)11-9-15/h5-11,14,20,28H,3-4,12-13H2,1-2H3/t20-/m0/s1. The van der Waals surface area contributed by atoms with Gasteiger partial charge in [0.2, 0.25) is 0 Å². The monoisotopic (exact) mass is 430 g/mol. The molecule has 1 amide bonds. The van der Waals surface area contributed by atoms with E-state index in [4.69, 9.17) is 11.6 Å². The lowest BCUT2D eigenvalue weighted by Crippen LogP contribution is -2.38. The molecular weight excluding hydrogens is 407 g/mol. The smallest absolute Gasteiger partial charge is 0.295 e. The third kappa shape index (κ3) is 4.40. The maximum Gasteiger partial charge on any atom is 0.295 e. The van der Waals surface area contributed by atoms with Gasteiger partial charge in [0.25, 0.3) is 11.7 Å². The van der Waals surface area contributed by atoms with Gasteiger partial charge in [0.1, 0.15) is 11.6 Å². The lowest BCUT2D eigenvalue weighted by molar-refractivity contribution is -0.140. The number of nitrogens with zero attached hydrogens (tertiary/aromatic N) is 2. The van der Waals surface area contributed by atoms with Crippen molar-refractivity contribution in [2.45, 2.75) is 19.9 Å². The molecule has 158 valence electrons. The minimum atomic E-state index is -0.774. The Morgan fingerprint density at radius 3 is 2.40 bits per heavy atom. The molecule has 1 atom stereocenters. The van der Waals surface area contributed by atoms with E-state index in [-0.39, 0.29) is 16.9 Å². The van der Waals surface area contributed by atoms with Gasteiger partial charge >= 0.3 is 0 Å². The van der Waals surface area contributed by atoms with Crippen LogP contribution in [-0.2, 0) is 9.59 Å². The summed E-state index contributed by atoms with van der Waals surface area (Å²) in [6, 6.07) is 11.3. The van der Waals surface area contributed by atoms with Crippen molar-refractivity contribution >= 4 is 29.1 Å². The minimum absolute atomic E-state index is 0.0200. The fourth-order valence-corrected chi connectivity index (χ4v) is 3.88. The second-order valence-electron chi connectivity index (χ2n) is 7.08. The molecule has 1 fully saturated rings. The number of likely N-dealkylation sites (N-methyl/N-ethyl adjacent to an activating group) is 1. The Bertz CT molecular complexity index is 971. The van der Waals surface area contributed by atoms with Crippen LogP contribution in [0.25, 0.3) is 5.76 Å². The quantitative estimate of drug-likeness (QED) is 0.405. The number of hydrogen-bond acceptors (Lipinski definition) is 4. The molecule has 5 nitrogen and oxygen atoms in total. The molecule has 1 heterocycles. The Balaban J connectivity index is 2.09. The molecule has 1 aliphatic rings. The number of hydrogen-bond donors (Lipinski definition) is 1. The van der Waals surface area contributed by atoms with Crippen molar-refractivity contribution in [3.63, 3.8) is 0 Å². The van der Waals surface area contributed by atoms with Crippen molar-refractivity contribution in [3.8, 4) is 0 Å². The average molecular weight is 431 g/mol. The minimum Gasteiger partial charge on any atom is -0.507 e. The van der Waals surface area contributed by atoms with Crippen LogP contribution in [0.1, 0.15) is 31.0 Å². The molecular formula is C23H24ClFN2O3. The van der Waals surface area contributed by atoms with Gasteiger partial charge in [-0.05, 0) is 55.1 Å². The highest BCUT2D eigenvalue weighted by molar-refractivity contribution is 6.46. The molecule has 2 aromatic rings. The number of likely N-dealkylation sites (tertiary alicyclic amines) is 1. The van der Waals surface area contributed by atoms with Crippen molar-refractivity contribution < 1.29 is 19.1 Å². The topological polar surface area (TPSA) is 60.9 Å². The van der Waals surface area contributed by atoms with Gasteiger partial charge in [-0.3, -0.25) is 9.59 Å². The van der Waals surface area contributed by atoms with Gasteiger partial charge in [0.15, 0.2) is 0 Å². The molecule has 2 aromatic carbocycles. The first-order chi connectivity index (χ1) is 14.4. The number of benzene rings is 2. The van der Waals surface area contributed by atoms with Crippen molar-refractivity contribution in [1.82, 2.24) is 9.80 Å². The highest BCUT2D eigenvalue weighted by Gasteiger charge is 2.46. The van der Waals surface area contributed by atoms with Crippen LogP contribution in [0.4, 0.5) is 4.39 Å². The summed E-state index contributed by atoms with van der Waals surface area (Å²) in [5, 5.41) is 11.4. The van der Waals surface area contributed by atoms with Crippen LogP contribution in [0.15, 0.2) is 54.1 Å². The summed E-state index contributed by atoms with van der Waals surface area (Å²) in [5.41, 5.74) is 0.878. The third-order valence-corrected chi connectivity index (χ3v) is 5.61. The van der Waals surface area contributed by atoms with Crippen molar-refractivity contribution in [3.05, 3.63) is 76.1 Å². The zero-order valence-corrected chi connectivity index (χ0v) is 17.7. The van der Waals surface area contributed by atoms with E-state index in [0.717, 1.165) is 13.1 Å². The Hall–Kier alpha value is -2.70. The molecule has 3 rings (SSSR count). The molecule has 0 aliphatic carbocycles. The molecule has 30 heavy (non-hydrogen) atoms. The number of amides is 1. The van der Waals surface area contributed by atoms with Crippen LogP contribution < -0.4 is 0 Å². The Morgan fingerprint density at radius 2 is 1.80 bits per heavy atom. The Labute approximate surface area is 180 Å². The molecule has 7 heteroatoms. The normalized spacial score (nSPS) is 18.4. The third-order valence-electron chi connectivity index (χ3n) is 5.37. The summed E-state index contributed by atoms with van der Waals surface area (Å²) in [6.45, 7) is 6.61. The van der Waals surface area contributed by atoms with Gasteiger partial charge < -0.3 is 14.9 Å². The lowest BCUT2D eigenvalue weighted by atomic mass is 9.95. The maximum absolute atomic E-state index is 13.3. The number of carbonyl (C=O) groups excluding carboxylic acids is 2. The van der Waals surface area contributed by atoms with Crippen LogP contribution in [-0.4, -0.2) is 52.8 Å². The Morgan fingerprint density at radius 1 is 1.13 bits per heavy atom. The number of aliphatic hydroxyl groups excluding tert-OH is 1. The van der Waals surface area contributed by atoms with Gasteiger partial charge in [0.05, 0.1) is 11.6 Å². The summed E-state index contributed by atoms with van der Waals surface area (Å²) < 4.78 is 13.3. The first-order valence-corrected chi connectivity index (χ1v) is 10.3. The van der Waals surface area contributed by atoms with E-state index in [9.17, 15) is 19.1 Å². The second kappa shape index (κ2) is 9.41. The lowest BCUT2D eigenvalue weighted by Gasteiger charge is -2.28. The van der Waals surface area contributed by atoms with Crippen molar-refractivity contribution in [1.29, 1.82) is 0 Å². The number of ketones is 1. The molecule has 0 spiro atoms. The molecule has 0 unspecified atom stereocenters. The maximum atomic E-state index is 13.3. The first kappa shape index (κ1) is 22.0. The van der Waals surface area contributed by atoms with E-state index in [1.165, 1.54) is 29.2 Å². The molecule has 1 N–H and O–H groups in total. The van der Waals surface area contributed by atoms with E-state index in [1.807, 2.05) is 13.8 Å². The van der Waals surface area contributed by atoms with Crippen molar-refractivity contribution in [2.24, 2.45) is 0 Å². The van der Waals surface area contributed by atoms with E-state index in [2.05, 4.69) is 4.90 Å². The number of carbonyl (C=O) groups is 2. The fourth-order valence-electron chi connectivity index (χ4n) is 3.69. The largest absolute Gasteiger partial charge is 0.507 e. The summed E-state index contributed by atoms with van der Waals surface area (Å²) >= 11 is 6.16.